The molecule has 0 amide bonds. The fourth-order valence-corrected chi connectivity index (χ4v) is 3.09. The van der Waals surface area contributed by atoms with Gasteiger partial charge in [0.15, 0.2) is 0 Å². The maximum atomic E-state index is 14.7. The molecule has 0 unspecified atom stereocenters. The SMILES string of the molecule is C=C(C)C/C(C)=C(F)/C(=C\C)CC(=C)c1cc(CC)c(C)cc1C. The lowest BCUT2D eigenvalue weighted by atomic mass is 9.90. The van der Waals surface area contributed by atoms with Crippen molar-refractivity contribution in [2.45, 2.75) is 60.8 Å². The van der Waals surface area contributed by atoms with E-state index in [1.807, 2.05) is 26.8 Å². The zero-order chi connectivity index (χ0) is 18.4. The lowest BCUT2D eigenvalue weighted by molar-refractivity contribution is 0.629. The zero-order valence-corrected chi connectivity index (χ0v) is 16.1. The second kappa shape index (κ2) is 8.82. The average Bonchev–Trinajstić information content (AvgIpc) is 2.51. The van der Waals surface area contributed by atoms with E-state index in [0.29, 0.717) is 18.4 Å². The van der Waals surface area contributed by atoms with Crippen LogP contribution in [0.25, 0.3) is 5.57 Å². The van der Waals surface area contributed by atoms with Gasteiger partial charge in [-0.15, -0.1) is 0 Å². The molecule has 0 bridgehead atoms. The van der Waals surface area contributed by atoms with Gasteiger partial charge in [-0.05, 0) is 86.4 Å². The van der Waals surface area contributed by atoms with Gasteiger partial charge in [-0.2, -0.15) is 0 Å². The molecule has 0 N–H and O–H groups in total. The first-order chi connectivity index (χ1) is 11.2. The Balaban J connectivity index is 3.11. The summed E-state index contributed by atoms with van der Waals surface area (Å²) in [4.78, 5) is 0. The Morgan fingerprint density at radius 3 is 2.21 bits per heavy atom. The van der Waals surface area contributed by atoms with Crippen molar-refractivity contribution in [3.63, 3.8) is 0 Å². The van der Waals surface area contributed by atoms with E-state index in [2.05, 4.69) is 46.1 Å². The van der Waals surface area contributed by atoms with Gasteiger partial charge in [-0.1, -0.05) is 43.9 Å². The van der Waals surface area contributed by atoms with Crippen LogP contribution in [0, 0.1) is 13.8 Å². The molecule has 0 aliphatic heterocycles. The van der Waals surface area contributed by atoms with Crippen molar-refractivity contribution in [2.24, 2.45) is 0 Å². The maximum Gasteiger partial charge on any atom is 0.125 e. The predicted octanol–water partition coefficient (Wildman–Crippen LogP) is 7.43. The summed E-state index contributed by atoms with van der Waals surface area (Å²) in [7, 11) is 0. The number of halogens is 1. The lowest BCUT2D eigenvalue weighted by Gasteiger charge is -2.15. The predicted molar refractivity (Wildman–Crippen MR) is 106 cm³/mol. The lowest BCUT2D eigenvalue weighted by Crippen LogP contribution is -1.97. The van der Waals surface area contributed by atoms with E-state index in [9.17, 15) is 4.39 Å². The van der Waals surface area contributed by atoms with Gasteiger partial charge in [0.2, 0.25) is 0 Å². The molecule has 0 nitrogen and oxygen atoms in total. The molecule has 24 heavy (non-hydrogen) atoms. The van der Waals surface area contributed by atoms with Crippen molar-refractivity contribution < 1.29 is 4.39 Å². The second-order valence-corrected chi connectivity index (χ2v) is 6.77. The summed E-state index contributed by atoms with van der Waals surface area (Å²) in [6.45, 7) is 20.1. The van der Waals surface area contributed by atoms with Crippen LogP contribution in [0.4, 0.5) is 4.39 Å². The highest BCUT2D eigenvalue weighted by Gasteiger charge is 2.13. The van der Waals surface area contributed by atoms with Crippen LogP contribution in [0.5, 0.6) is 0 Å². The molecule has 130 valence electrons. The largest absolute Gasteiger partial charge is 0.207 e. The Kier molecular flexibility index (Phi) is 7.41. The first-order valence-corrected chi connectivity index (χ1v) is 8.64. The van der Waals surface area contributed by atoms with E-state index in [4.69, 9.17) is 0 Å². The standard InChI is InChI=1S/C23H31F/c1-9-20-14-22(17(6)12-16(20)5)18(7)13-21(10-2)23(24)19(8)11-15(3)4/h10,12,14H,3,7,9,11,13H2,1-2,4-6,8H3/b21-10-,23-19-. The topological polar surface area (TPSA) is 0 Å². The van der Waals surface area contributed by atoms with Gasteiger partial charge < -0.3 is 0 Å². The second-order valence-electron chi connectivity index (χ2n) is 6.77. The third-order valence-corrected chi connectivity index (χ3v) is 4.42. The van der Waals surface area contributed by atoms with Crippen molar-refractivity contribution in [2.75, 3.05) is 0 Å². The molecule has 0 aliphatic carbocycles. The average molecular weight is 326 g/mol. The van der Waals surface area contributed by atoms with Gasteiger partial charge in [-0.25, -0.2) is 4.39 Å². The Morgan fingerprint density at radius 2 is 1.71 bits per heavy atom. The van der Waals surface area contributed by atoms with E-state index >= 15 is 0 Å². The van der Waals surface area contributed by atoms with E-state index in [1.165, 1.54) is 16.7 Å². The summed E-state index contributed by atoms with van der Waals surface area (Å²) in [5.41, 5.74) is 8.35. The summed E-state index contributed by atoms with van der Waals surface area (Å²) in [5, 5.41) is 0. The zero-order valence-electron chi connectivity index (χ0n) is 16.1. The van der Waals surface area contributed by atoms with Gasteiger partial charge in [0.1, 0.15) is 5.83 Å². The molecule has 0 aliphatic rings. The molecule has 0 heterocycles. The molecule has 1 heteroatoms. The molecule has 0 radical (unpaired) electrons. The number of rotatable bonds is 7. The Hall–Kier alpha value is -1.89. The summed E-state index contributed by atoms with van der Waals surface area (Å²) >= 11 is 0. The van der Waals surface area contributed by atoms with Gasteiger partial charge >= 0.3 is 0 Å². The van der Waals surface area contributed by atoms with E-state index in [1.54, 1.807) is 0 Å². The highest BCUT2D eigenvalue weighted by Crippen LogP contribution is 2.31. The number of allylic oxidation sites excluding steroid dienone is 6. The summed E-state index contributed by atoms with van der Waals surface area (Å²) < 4.78 is 14.7. The molecule has 0 spiro atoms. The molecule has 0 aromatic heterocycles. The Morgan fingerprint density at radius 1 is 1.08 bits per heavy atom. The van der Waals surface area contributed by atoms with Crippen LogP contribution in [0.2, 0.25) is 0 Å². The molecule has 1 rings (SSSR count). The normalized spacial score (nSPS) is 12.9. The minimum atomic E-state index is -0.123. The highest BCUT2D eigenvalue weighted by atomic mass is 19.1. The van der Waals surface area contributed by atoms with Crippen LogP contribution in [0.15, 0.2) is 53.9 Å². The molecular weight excluding hydrogens is 295 g/mol. The third-order valence-electron chi connectivity index (χ3n) is 4.42. The minimum absolute atomic E-state index is 0.123. The third kappa shape index (κ3) is 5.06. The van der Waals surface area contributed by atoms with E-state index < -0.39 is 0 Å². The summed E-state index contributed by atoms with van der Waals surface area (Å²) in [5.74, 6) is -0.123. The Labute approximate surface area is 147 Å². The van der Waals surface area contributed by atoms with E-state index in [0.717, 1.165) is 28.7 Å². The smallest absolute Gasteiger partial charge is 0.125 e. The van der Waals surface area contributed by atoms with Crippen LogP contribution >= 0.6 is 0 Å². The molecule has 1 aromatic rings. The van der Waals surface area contributed by atoms with Gasteiger partial charge in [0.05, 0.1) is 0 Å². The van der Waals surface area contributed by atoms with Crippen molar-refractivity contribution in [3.05, 3.63) is 76.2 Å². The van der Waals surface area contributed by atoms with Crippen LogP contribution in [-0.4, -0.2) is 0 Å². The molecule has 0 atom stereocenters. The summed E-state index contributed by atoms with van der Waals surface area (Å²) in [6, 6.07) is 4.41. The quantitative estimate of drug-likeness (QED) is 0.361. The summed E-state index contributed by atoms with van der Waals surface area (Å²) in [6.07, 6.45) is 3.98. The number of hydrogen-bond donors (Lipinski definition) is 0. The first kappa shape index (κ1) is 20.2. The van der Waals surface area contributed by atoms with Crippen molar-refractivity contribution in [3.8, 4) is 0 Å². The molecular formula is C23H31F. The fraction of sp³-hybridized carbons (Fsp3) is 0.391. The molecule has 1 aromatic carbocycles. The monoisotopic (exact) mass is 326 g/mol. The van der Waals surface area contributed by atoms with Crippen LogP contribution in [0.1, 0.15) is 62.8 Å². The van der Waals surface area contributed by atoms with Crippen molar-refractivity contribution >= 4 is 5.57 Å². The minimum Gasteiger partial charge on any atom is -0.207 e. The van der Waals surface area contributed by atoms with Gasteiger partial charge in [-0.3, -0.25) is 0 Å². The Bertz CT molecular complexity index is 699. The number of hydrogen-bond acceptors (Lipinski definition) is 0. The van der Waals surface area contributed by atoms with Crippen molar-refractivity contribution in [1.82, 2.24) is 0 Å². The highest BCUT2D eigenvalue weighted by molar-refractivity contribution is 5.70. The number of aryl methyl sites for hydroxylation is 3. The molecule has 0 fully saturated rings. The van der Waals surface area contributed by atoms with Gasteiger partial charge in [0, 0.05) is 6.42 Å². The van der Waals surface area contributed by atoms with Crippen LogP contribution in [0.3, 0.4) is 0 Å². The van der Waals surface area contributed by atoms with E-state index in [-0.39, 0.29) is 5.83 Å². The molecule has 0 saturated heterocycles. The molecule has 0 saturated carbocycles. The van der Waals surface area contributed by atoms with Crippen molar-refractivity contribution in [1.29, 1.82) is 0 Å². The number of benzene rings is 1. The van der Waals surface area contributed by atoms with Gasteiger partial charge in [0.25, 0.3) is 0 Å². The van der Waals surface area contributed by atoms with Crippen LogP contribution < -0.4 is 0 Å². The maximum absolute atomic E-state index is 14.7. The van der Waals surface area contributed by atoms with Crippen LogP contribution in [-0.2, 0) is 6.42 Å². The fourth-order valence-electron chi connectivity index (χ4n) is 3.09. The first-order valence-electron chi connectivity index (χ1n) is 8.64.